The van der Waals surface area contributed by atoms with Gasteiger partial charge in [0.15, 0.2) is 0 Å². The molecule has 1 saturated heterocycles. The monoisotopic (exact) mass is 231 g/mol. The average Bonchev–Trinajstić information content (AvgIpc) is 2.38. The molecule has 2 rings (SSSR count). The maximum Gasteiger partial charge on any atom is 0.246 e. The van der Waals surface area contributed by atoms with Crippen molar-refractivity contribution < 1.29 is 9.59 Å². The van der Waals surface area contributed by atoms with E-state index in [-0.39, 0.29) is 11.7 Å². The first kappa shape index (κ1) is 11.8. The van der Waals surface area contributed by atoms with E-state index in [2.05, 4.69) is 12.2 Å². The summed E-state index contributed by atoms with van der Waals surface area (Å²) in [6.07, 6.45) is 13.8. The van der Waals surface area contributed by atoms with E-state index in [0.717, 1.165) is 6.42 Å². The molecule has 90 valence electrons. The van der Waals surface area contributed by atoms with Gasteiger partial charge in [0.1, 0.15) is 5.78 Å². The van der Waals surface area contributed by atoms with Crippen LogP contribution < -0.4 is 0 Å². The first-order valence-corrected chi connectivity index (χ1v) is 6.08. The van der Waals surface area contributed by atoms with Crippen LogP contribution in [0.3, 0.4) is 0 Å². The molecule has 0 bridgehead atoms. The lowest BCUT2D eigenvalue weighted by atomic mass is 10.0. The van der Waals surface area contributed by atoms with Gasteiger partial charge in [-0.25, -0.2) is 0 Å². The van der Waals surface area contributed by atoms with Crippen LogP contribution in [0.5, 0.6) is 0 Å². The Bertz CT molecular complexity index is 383. The third-order valence-electron chi connectivity index (χ3n) is 3.13. The van der Waals surface area contributed by atoms with Crippen LogP contribution in [-0.4, -0.2) is 29.7 Å². The van der Waals surface area contributed by atoms with Gasteiger partial charge < -0.3 is 4.90 Å². The fraction of sp³-hybridized carbons (Fsp3) is 0.429. The molecule has 0 spiro atoms. The second kappa shape index (κ2) is 5.62. The van der Waals surface area contributed by atoms with Crippen molar-refractivity contribution in [2.24, 2.45) is 5.92 Å². The molecular weight excluding hydrogens is 214 g/mol. The Morgan fingerprint density at radius 2 is 2.06 bits per heavy atom. The zero-order valence-corrected chi connectivity index (χ0v) is 9.84. The number of amides is 1. The Labute approximate surface area is 101 Å². The predicted octanol–water partition coefficient (Wildman–Crippen LogP) is 1.87. The second-order valence-corrected chi connectivity index (χ2v) is 4.44. The van der Waals surface area contributed by atoms with E-state index < -0.39 is 0 Å². The van der Waals surface area contributed by atoms with Crippen molar-refractivity contribution in [3.8, 4) is 0 Å². The molecule has 1 unspecified atom stereocenters. The van der Waals surface area contributed by atoms with Crippen LogP contribution in [-0.2, 0) is 9.59 Å². The van der Waals surface area contributed by atoms with Crippen molar-refractivity contribution in [3.63, 3.8) is 0 Å². The molecule has 1 aliphatic heterocycles. The van der Waals surface area contributed by atoms with E-state index in [4.69, 9.17) is 0 Å². The molecule has 1 amide bonds. The van der Waals surface area contributed by atoms with Crippen molar-refractivity contribution in [2.45, 2.75) is 19.3 Å². The lowest BCUT2D eigenvalue weighted by Gasteiger charge is -2.24. The summed E-state index contributed by atoms with van der Waals surface area (Å²) in [6.45, 7) is 1.14. The fourth-order valence-electron chi connectivity index (χ4n) is 2.03. The minimum absolute atomic E-state index is 0.0282. The topological polar surface area (TPSA) is 37.4 Å². The molecule has 0 saturated carbocycles. The molecule has 2 aliphatic rings. The van der Waals surface area contributed by atoms with E-state index in [1.165, 1.54) is 0 Å². The summed E-state index contributed by atoms with van der Waals surface area (Å²) < 4.78 is 0. The number of allylic oxidation sites excluding steroid dienone is 5. The summed E-state index contributed by atoms with van der Waals surface area (Å²) in [7, 11) is 0. The van der Waals surface area contributed by atoms with Crippen LogP contribution in [0.25, 0.3) is 0 Å². The highest BCUT2D eigenvalue weighted by Gasteiger charge is 2.18. The smallest absolute Gasteiger partial charge is 0.246 e. The summed E-state index contributed by atoms with van der Waals surface area (Å²) in [6, 6.07) is 0. The van der Waals surface area contributed by atoms with Crippen LogP contribution in [0.2, 0.25) is 0 Å². The quantitative estimate of drug-likeness (QED) is 0.680. The van der Waals surface area contributed by atoms with Gasteiger partial charge in [0.2, 0.25) is 5.91 Å². The highest BCUT2D eigenvalue weighted by atomic mass is 16.2. The van der Waals surface area contributed by atoms with Crippen molar-refractivity contribution in [1.29, 1.82) is 0 Å². The SMILES string of the molecule is O=C1CCN(C(=O)C=CC2C=CC=CC2)CC1. The Hall–Kier alpha value is -1.64. The van der Waals surface area contributed by atoms with Crippen molar-refractivity contribution in [1.82, 2.24) is 4.90 Å². The summed E-state index contributed by atoms with van der Waals surface area (Å²) in [5.74, 6) is 0.620. The third kappa shape index (κ3) is 3.41. The van der Waals surface area contributed by atoms with Gasteiger partial charge in [-0.1, -0.05) is 30.4 Å². The molecule has 17 heavy (non-hydrogen) atoms. The standard InChI is InChI=1S/C14H17NO2/c16-13-8-10-15(11-9-13)14(17)7-6-12-4-2-1-3-5-12/h1-4,6-7,12H,5,8-11H2. The van der Waals surface area contributed by atoms with Gasteiger partial charge in [0.05, 0.1) is 0 Å². The Kier molecular flexibility index (Phi) is 3.91. The lowest BCUT2D eigenvalue weighted by molar-refractivity contribution is -0.130. The molecule has 1 heterocycles. The second-order valence-electron chi connectivity index (χ2n) is 4.44. The highest BCUT2D eigenvalue weighted by molar-refractivity contribution is 5.89. The molecule has 1 atom stereocenters. The van der Waals surface area contributed by atoms with Crippen LogP contribution in [0.15, 0.2) is 36.5 Å². The summed E-state index contributed by atoms with van der Waals surface area (Å²) in [5, 5.41) is 0. The molecular formula is C14H17NO2. The Morgan fingerprint density at radius 1 is 1.29 bits per heavy atom. The number of rotatable bonds is 2. The maximum absolute atomic E-state index is 11.8. The number of hydrogen-bond acceptors (Lipinski definition) is 2. The number of Topliss-reactive ketones (excluding diaryl/α,β-unsaturated/α-hetero) is 1. The summed E-state index contributed by atoms with van der Waals surface area (Å²) in [4.78, 5) is 24.6. The zero-order chi connectivity index (χ0) is 12.1. The van der Waals surface area contributed by atoms with Gasteiger partial charge in [-0.15, -0.1) is 0 Å². The van der Waals surface area contributed by atoms with Crippen LogP contribution in [0.1, 0.15) is 19.3 Å². The van der Waals surface area contributed by atoms with Crippen LogP contribution >= 0.6 is 0 Å². The minimum atomic E-state index is 0.0282. The minimum Gasteiger partial charge on any atom is -0.338 e. The van der Waals surface area contributed by atoms with Crippen molar-refractivity contribution in [2.75, 3.05) is 13.1 Å². The lowest BCUT2D eigenvalue weighted by Crippen LogP contribution is -2.37. The number of likely N-dealkylation sites (tertiary alicyclic amines) is 1. The maximum atomic E-state index is 11.8. The van der Waals surface area contributed by atoms with Gasteiger partial charge in [0, 0.05) is 25.9 Å². The Balaban J connectivity index is 1.84. The van der Waals surface area contributed by atoms with Crippen molar-refractivity contribution in [3.05, 3.63) is 36.5 Å². The fourth-order valence-corrected chi connectivity index (χ4v) is 2.03. The van der Waals surface area contributed by atoms with E-state index in [0.29, 0.717) is 31.8 Å². The van der Waals surface area contributed by atoms with Crippen LogP contribution in [0.4, 0.5) is 0 Å². The van der Waals surface area contributed by atoms with Crippen LogP contribution in [0, 0.1) is 5.92 Å². The predicted molar refractivity (Wildman–Crippen MR) is 66.3 cm³/mol. The normalized spacial score (nSPS) is 24.6. The zero-order valence-electron chi connectivity index (χ0n) is 9.84. The Morgan fingerprint density at radius 3 is 2.71 bits per heavy atom. The first-order valence-electron chi connectivity index (χ1n) is 6.08. The number of hydrogen-bond donors (Lipinski definition) is 0. The third-order valence-corrected chi connectivity index (χ3v) is 3.13. The van der Waals surface area contributed by atoms with E-state index in [1.54, 1.807) is 11.0 Å². The number of carbonyl (C=O) groups excluding carboxylic acids is 2. The number of nitrogens with zero attached hydrogens (tertiary/aromatic N) is 1. The van der Waals surface area contributed by atoms with Gasteiger partial charge >= 0.3 is 0 Å². The molecule has 0 radical (unpaired) electrons. The molecule has 0 N–H and O–H groups in total. The number of piperidine rings is 1. The summed E-state index contributed by atoms with van der Waals surface area (Å²) in [5.41, 5.74) is 0. The average molecular weight is 231 g/mol. The molecule has 3 nitrogen and oxygen atoms in total. The van der Waals surface area contributed by atoms with Gasteiger partial charge in [0.25, 0.3) is 0 Å². The number of carbonyl (C=O) groups is 2. The van der Waals surface area contributed by atoms with E-state index in [1.807, 2.05) is 18.2 Å². The molecule has 1 aliphatic carbocycles. The number of ketones is 1. The van der Waals surface area contributed by atoms with E-state index in [9.17, 15) is 9.59 Å². The largest absolute Gasteiger partial charge is 0.338 e. The molecule has 0 aromatic heterocycles. The first-order chi connectivity index (χ1) is 8.25. The highest BCUT2D eigenvalue weighted by Crippen LogP contribution is 2.13. The molecule has 1 fully saturated rings. The molecule has 3 heteroatoms. The van der Waals surface area contributed by atoms with E-state index >= 15 is 0 Å². The van der Waals surface area contributed by atoms with Gasteiger partial charge in [-0.2, -0.15) is 0 Å². The molecule has 0 aromatic carbocycles. The van der Waals surface area contributed by atoms with Crippen molar-refractivity contribution >= 4 is 11.7 Å². The van der Waals surface area contributed by atoms with Gasteiger partial charge in [-0.05, 0) is 18.4 Å². The summed E-state index contributed by atoms with van der Waals surface area (Å²) >= 11 is 0. The molecule has 0 aromatic rings. The van der Waals surface area contributed by atoms with Gasteiger partial charge in [-0.3, -0.25) is 9.59 Å².